The van der Waals surface area contributed by atoms with Crippen molar-refractivity contribution in [1.29, 1.82) is 0 Å². The van der Waals surface area contributed by atoms with Crippen LogP contribution in [0.3, 0.4) is 0 Å². The maximum Gasteiger partial charge on any atom is 0.326 e. The number of rotatable bonds is 52. The molecule has 0 radical (unpaired) electrons. The standard InChI is InChI=1S/C92H140N18O18/c1-55(2)50-62(96)78(113)100-66(36-20-23-45-95)88(123)107-46-24-38-72(107)84(119)102-68(52-59-28-12-9-13-29-59)89(124)108-47-25-37-71(108)83(118)98-63(34-18-21-43-93)79(114)101-67(51-56(3)4)82(117)97-64(35-19-22-44-94)80(115)105-76(57(5)6)86(121)99-65(41-42-75(111)112)81(116)106-77(58(7)8)87(122)104-70(54-61-32-16-11-17-33-61)90(125)109-48-26-39-73(109)85(120)103-69(53-60-30-14-10-15-31-60)91(126)110-49-27-40-74(110)92(127)128/h9-17,28-33,55-58,62-74,76-77H,18-27,34-54,93-96H2,1-8H3,(H,97,117)(H,98,118)(H,99,121)(H,100,113)(H,101,114)(H,102,119)(H,103,120)(H,104,122)(H,105,115)(H,106,116)(H,111,112)(H,127,128)/t62-,63-,64-,65-,66-,67-,68-,69-,70-,71-,72-,73-,74-,76-,77-/m0/s1. The highest BCUT2D eigenvalue weighted by Gasteiger charge is 2.47. The van der Waals surface area contributed by atoms with Crippen LogP contribution in [-0.4, -0.2) is 261 Å². The molecule has 36 nitrogen and oxygen atoms in total. The summed E-state index contributed by atoms with van der Waals surface area (Å²) in [4.78, 5) is 235. The molecule has 36 heteroatoms. The molecule has 3 aromatic carbocycles. The molecule has 0 bridgehead atoms. The first-order chi connectivity index (χ1) is 61.0. The number of carbonyl (C=O) groups excluding carboxylic acids is 14. The molecule has 4 aliphatic rings. The van der Waals surface area contributed by atoms with Crippen LogP contribution in [0, 0.1) is 23.7 Å². The normalized spacial score (nSPS) is 18.8. The van der Waals surface area contributed by atoms with E-state index in [1.807, 2.05) is 13.8 Å². The van der Waals surface area contributed by atoms with Gasteiger partial charge in [0, 0.05) is 51.9 Å². The quantitative estimate of drug-likeness (QED) is 0.0357. The van der Waals surface area contributed by atoms with E-state index in [0.717, 1.165) is 0 Å². The monoisotopic (exact) mass is 1790 g/mol. The van der Waals surface area contributed by atoms with Crippen LogP contribution in [0.4, 0.5) is 0 Å². The highest BCUT2D eigenvalue weighted by atomic mass is 16.4. The summed E-state index contributed by atoms with van der Waals surface area (Å²) in [7, 11) is 0. The van der Waals surface area contributed by atoms with Gasteiger partial charge in [0.25, 0.3) is 0 Å². The number of carboxylic acids is 2. The topological polar surface area (TPSA) is 551 Å². The lowest BCUT2D eigenvalue weighted by Gasteiger charge is -2.32. The van der Waals surface area contributed by atoms with Gasteiger partial charge in [-0.1, -0.05) is 146 Å². The van der Waals surface area contributed by atoms with E-state index in [1.165, 1.54) is 19.6 Å². The van der Waals surface area contributed by atoms with Crippen molar-refractivity contribution in [3.8, 4) is 0 Å². The third-order valence-electron chi connectivity index (χ3n) is 23.9. The average molecular weight is 1790 g/mol. The van der Waals surface area contributed by atoms with Gasteiger partial charge < -0.3 is 106 Å². The second-order valence-electron chi connectivity index (χ2n) is 35.8. The molecule has 14 amide bonds. The van der Waals surface area contributed by atoms with E-state index >= 15 is 9.59 Å². The van der Waals surface area contributed by atoms with Gasteiger partial charge in [-0.15, -0.1) is 0 Å². The predicted molar refractivity (Wildman–Crippen MR) is 478 cm³/mol. The Labute approximate surface area is 751 Å². The van der Waals surface area contributed by atoms with Crippen molar-refractivity contribution < 1.29 is 86.9 Å². The maximum atomic E-state index is 15.2. The lowest BCUT2D eigenvalue weighted by Crippen LogP contribution is -2.62. The minimum atomic E-state index is -1.66. The summed E-state index contributed by atoms with van der Waals surface area (Å²) >= 11 is 0. The fraction of sp³-hybridized carbons (Fsp3) is 0.630. The molecule has 0 unspecified atom stereocenters. The Morgan fingerprint density at radius 1 is 0.336 bits per heavy atom. The fourth-order valence-corrected chi connectivity index (χ4v) is 17.0. The van der Waals surface area contributed by atoms with Crippen LogP contribution in [0.25, 0.3) is 0 Å². The lowest BCUT2D eigenvalue weighted by atomic mass is 9.98. The predicted octanol–water partition coefficient (Wildman–Crippen LogP) is 1.59. The highest BCUT2D eigenvalue weighted by Crippen LogP contribution is 2.28. The van der Waals surface area contributed by atoms with Crippen molar-refractivity contribution in [1.82, 2.24) is 72.8 Å². The summed E-state index contributed by atoms with van der Waals surface area (Å²) in [5.74, 6) is -14.1. The average Bonchev–Trinajstić information content (AvgIpc) is 1.65. The SMILES string of the molecule is CC(C)C[C@H](NC(=O)[C@H](CCCCN)NC(=O)[C@@H]1CCCN1C(=O)[C@H](Cc1ccccc1)NC(=O)[C@@H]1CCCN1C(=O)[C@H](CCCCN)NC(=O)[C@@H](N)CC(C)C)C(=O)N[C@@H](CCCCN)C(=O)N[C@H](C(=O)N[C@@H](CCC(=O)O)C(=O)N[C@H](C(=O)N[C@@H](Cc1ccccc1)C(=O)N1CCC[C@H]1C(=O)N[C@@H](Cc1ccccc1)C(=O)N1CCC[C@H]1C(=O)O)C(C)C)C(C)C. The van der Waals surface area contributed by atoms with Gasteiger partial charge in [-0.3, -0.25) is 71.9 Å². The van der Waals surface area contributed by atoms with Gasteiger partial charge in [-0.25, -0.2) is 4.79 Å². The summed E-state index contributed by atoms with van der Waals surface area (Å²) in [5.41, 5.74) is 25.9. The van der Waals surface area contributed by atoms with Gasteiger partial charge in [0.1, 0.15) is 84.6 Å². The molecule has 4 saturated heterocycles. The summed E-state index contributed by atoms with van der Waals surface area (Å²) in [5, 5.41) is 47.9. The molecule has 128 heavy (non-hydrogen) atoms. The summed E-state index contributed by atoms with van der Waals surface area (Å²) in [6.45, 7) is 15.2. The van der Waals surface area contributed by atoms with Crippen molar-refractivity contribution in [2.75, 3.05) is 45.8 Å². The number of nitrogens with zero attached hydrogens (tertiary/aromatic N) is 4. The zero-order valence-corrected chi connectivity index (χ0v) is 75.6. The Hall–Kier alpha value is -11.0. The van der Waals surface area contributed by atoms with Gasteiger partial charge in [0.15, 0.2) is 0 Å². The van der Waals surface area contributed by atoms with Gasteiger partial charge in [0.2, 0.25) is 82.7 Å². The number of aliphatic carboxylic acids is 2. The number of unbranched alkanes of at least 4 members (excludes halogenated alkanes) is 3. The van der Waals surface area contributed by atoms with Crippen LogP contribution in [0.2, 0.25) is 0 Å². The molecule has 3 aromatic rings. The van der Waals surface area contributed by atoms with E-state index < -0.39 is 210 Å². The second kappa shape index (κ2) is 52.5. The third-order valence-corrected chi connectivity index (χ3v) is 23.9. The van der Waals surface area contributed by atoms with Crippen molar-refractivity contribution in [3.05, 3.63) is 108 Å². The Morgan fingerprint density at radius 2 is 0.625 bits per heavy atom. The molecule has 7 rings (SSSR count). The number of hydrogen-bond acceptors (Lipinski definition) is 20. The number of nitrogens with one attached hydrogen (secondary N) is 10. The number of carboxylic acid groups (broad SMARTS) is 2. The number of hydrogen-bond donors (Lipinski definition) is 16. The highest BCUT2D eigenvalue weighted by molar-refractivity contribution is 6.01. The van der Waals surface area contributed by atoms with Crippen molar-refractivity contribution >= 4 is 94.6 Å². The molecule has 706 valence electrons. The number of likely N-dealkylation sites (tertiary alicyclic amines) is 4. The zero-order valence-electron chi connectivity index (χ0n) is 75.6. The first kappa shape index (κ1) is 104. The van der Waals surface area contributed by atoms with Crippen LogP contribution in [0.15, 0.2) is 91.0 Å². The van der Waals surface area contributed by atoms with Crippen LogP contribution >= 0.6 is 0 Å². The number of carbonyl (C=O) groups is 16. The van der Waals surface area contributed by atoms with Crippen molar-refractivity contribution in [2.45, 2.75) is 300 Å². The number of benzene rings is 3. The van der Waals surface area contributed by atoms with E-state index in [1.54, 1.807) is 133 Å². The fourth-order valence-electron chi connectivity index (χ4n) is 17.0. The van der Waals surface area contributed by atoms with Crippen LogP contribution < -0.4 is 76.1 Å². The molecule has 4 aliphatic heterocycles. The first-order valence-electron chi connectivity index (χ1n) is 45.7. The largest absolute Gasteiger partial charge is 0.481 e. The first-order valence-corrected chi connectivity index (χ1v) is 45.7. The van der Waals surface area contributed by atoms with Crippen molar-refractivity contribution in [3.63, 3.8) is 0 Å². The van der Waals surface area contributed by atoms with E-state index in [4.69, 9.17) is 22.9 Å². The van der Waals surface area contributed by atoms with Crippen LogP contribution in [0.5, 0.6) is 0 Å². The molecule has 15 atom stereocenters. The summed E-state index contributed by atoms with van der Waals surface area (Å²) in [6, 6.07) is 7.87. The Balaban J connectivity index is 1.05. The van der Waals surface area contributed by atoms with Gasteiger partial charge in [-0.2, -0.15) is 0 Å². The smallest absolute Gasteiger partial charge is 0.326 e. The number of amides is 14. The minimum absolute atomic E-state index is 0.00366. The van der Waals surface area contributed by atoms with Crippen LogP contribution in [0.1, 0.15) is 207 Å². The molecule has 20 N–H and O–H groups in total. The maximum absolute atomic E-state index is 15.2. The van der Waals surface area contributed by atoms with Crippen LogP contribution in [-0.2, 0) is 96.0 Å². The Morgan fingerprint density at radius 3 is 0.984 bits per heavy atom. The molecule has 0 saturated carbocycles. The molecule has 4 fully saturated rings. The molecule has 0 aliphatic carbocycles. The summed E-state index contributed by atoms with van der Waals surface area (Å²) < 4.78 is 0. The van der Waals surface area contributed by atoms with E-state index in [0.29, 0.717) is 87.4 Å². The molecular formula is C92H140N18O18. The van der Waals surface area contributed by atoms with E-state index in [2.05, 4.69) is 53.2 Å². The number of nitrogens with two attached hydrogens (primary N) is 4. The Bertz CT molecular complexity index is 4200. The second-order valence-corrected chi connectivity index (χ2v) is 35.8. The van der Waals surface area contributed by atoms with Crippen molar-refractivity contribution in [2.24, 2.45) is 46.6 Å². The van der Waals surface area contributed by atoms with Gasteiger partial charge in [0.05, 0.1) is 6.04 Å². The zero-order chi connectivity index (χ0) is 93.8. The van der Waals surface area contributed by atoms with E-state index in [-0.39, 0.29) is 128 Å². The molecular weight excluding hydrogens is 1650 g/mol. The van der Waals surface area contributed by atoms with Gasteiger partial charge in [-0.05, 0) is 188 Å². The molecule has 0 spiro atoms. The minimum Gasteiger partial charge on any atom is -0.481 e. The summed E-state index contributed by atoms with van der Waals surface area (Å²) in [6.07, 6.45) is 4.48. The molecule has 4 heterocycles. The van der Waals surface area contributed by atoms with E-state index in [9.17, 15) is 77.3 Å². The Kier molecular flexibility index (Phi) is 42.7. The molecule has 0 aromatic heterocycles. The van der Waals surface area contributed by atoms with Gasteiger partial charge >= 0.3 is 11.9 Å². The lowest BCUT2D eigenvalue weighted by molar-refractivity contribution is -0.149. The third kappa shape index (κ3) is 31.7.